The van der Waals surface area contributed by atoms with Crippen LogP contribution in [0.3, 0.4) is 0 Å². The molecule has 1 saturated heterocycles. The zero-order valence-electron chi connectivity index (χ0n) is 13.2. The van der Waals surface area contributed by atoms with E-state index < -0.39 is 0 Å². The summed E-state index contributed by atoms with van der Waals surface area (Å²) in [4.78, 5) is 16.9. The van der Waals surface area contributed by atoms with Gasteiger partial charge in [-0.25, -0.2) is 0 Å². The van der Waals surface area contributed by atoms with E-state index in [1.165, 1.54) is 6.42 Å². The van der Waals surface area contributed by atoms with E-state index in [1.807, 2.05) is 36.1 Å². The first-order chi connectivity index (χ1) is 10.1. The first-order valence-electron chi connectivity index (χ1n) is 8.04. The highest BCUT2D eigenvalue weighted by Crippen LogP contribution is 2.21. The summed E-state index contributed by atoms with van der Waals surface area (Å²) in [6, 6.07) is 7.69. The Hall–Kier alpha value is -1.71. The minimum absolute atomic E-state index is 0.119. The molecular formula is C17H27N3O. The van der Waals surface area contributed by atoms with Crippen molar-refractivity contribution in [2.45, 2.75) is 45.6 Å². The van der Waals surface area contributed by atoms with Gasteiger partial charge in [-0.1, -0.05) is 6.92 Å². The molecule has 21 heavy (non-hydrogen) atoms. The highest BCUT2D eigenvalue weighted by Gasteiger charge is 2.26. The number of piperidine rings is 1. The van der Waals surface area contributed by atoms with E-state index in [1.54, 1.807) is 0 Å². The summed E-state index contributed by atoms with van der Waals surface area (Å²) in [5.74, 6) is 0.250. The maximum atomic E-state index is 12.7. The van der Waals surface area contributed by atoms with E-state index in [-0.39, 0.29) is 11.9 Å². The number of nitrogens with zero attached hydrogens (tertiary/aromatic N) is 2. The van der Waals surface area contributed by atoms with Crippen LogP contribution in [0.4, 0.5) is 11.4 Å². The van der Waals surface area contributed by atoms with Gasteiger partial charge in [-0.3, -0.25) is 4.79 Å². The van der Waals surface area contributed by atoms with Crippen LogP contribution in [0.1, 0.15) is 39.5 Å². The van der Waals surface area contributed by atoms with Crippen LogP contribution >= 0.6 is 0 Å². The fourth-order valence-electron chi connectivity index (χ4n) is 2.96. The van der Waals surface area contributed by atoms with E-state index in [9.17, 15) is 4.79 Å². The van der Waals surface area contributed by atoms with Crippen molar-refractivity contribution >= 4 is 17.3 Å². The number of nitrogens with two attached hydrogens (primary N) is 1. The van der Waals surface area contributed by atoms with E-state index in [0.717, 1.165) is 50.3 Å². The number of benzene rings is 1. The van der Waals surface area contributed by atoms with Gasteiger partial charge in [-0.15, -0.1) is 0 Å². The second-order valence-corrected chi connectivity index (χ2v) is 5.85. The van der Waals surface area contributed by atoms with Crippen molar-refractivity contribution in [1.29, 1.82) is 0 Å². The quantitative estimate of drug-likeness (QED) is 0.848. The second kappa shape index (κ2) is 7.34. The molecule has 0 bridgehead atoms. The monoisotopic (exact) mass is 289 g/mol. The van der Waals surface area contributed by atoms with Gasteiger partial charge in [0.25, 0.3) is 0 Å². The standard InChI is InChI=1S/C17H27N3O/c1-3-11-20(16-9-7-15(18)8-10-16)14(2)17(21)19-12-5-4-6-13-19/h7-10,14H,3-6,11-13,18H2,1-2H3. The molecule has 1 aliphatic heterocycles. The minimum atomic E-state index is -0.119. The lowest BCUT2D eigenvalue weighted by molar-refractivity contribution is -0.133. The van der Waals surface area contributed by atoms with Crippen LogP contribution in [0.5, 0.6) is 0 Å². The van der Waals surface area contributed by atoms with E-state index >= 15 is 0 Å². The normalized spacial score (nSPS) is 16.6. The number of amides is 1. The number of hydrogen-bond donors (Lipinski definition) is 1. The molecule has 0 saturated carbocycles. The van der Waals surface area contributed by atoms with Crippen LogP contribution in [0.15, 0.2) is 24.3 Å². The number of likely N-dealkylation sites (tertiary alicyclic amines) is 1. The van der Waals surface area contributed by atoms with Gasteiger partial charge in [0.1, 0.15) is 6.04 Å². The van der Waals surface area contributed by atoms with Crippen molar-refractivity contribution < 1.29 is 4.79 Å². The number of rotatable bonds is 5. The summed E-state index contributed by atoms with van der Waals surface area (Å²) in [7, 11) is 0. The van der Waals surface area contributed by atoms with Crippen molar-refractivity contribution in [1.82, 2.24) is 4.90 Å². The Balaban J connectivity index is 2.12. The summed E-state index contributed by atoms with van der Waals surface area (Å²) in [6.45, 7) is 6.85. The van der Waals surface area contributed by atoms with Gasteiger partial charge in [-0.2, -0.15) is 0 Å². The minimum Gasteiger partial charge on any atom is -0.399 e. The lowest BCUT2D eigenvalue weighted by Gasteiger charge is -2.35. The topological polar surface area (TPSA) is 49.6 Å². The highest BCUT2D eigenvalue weighted by molar-refractivity contribution is 5.85. The van der Waals surface area contributed by atoms with Gasteiger partial charge in [0, 0.05) is 31.0 Å². The summed E-state index contributed by atoms with van der Waals surface area (Å²) >= 11 is 0. The van der Waals surface area contributed by atoms with Gasteiger partial charge in [0.2, 0.25) is 5.91 Å². The molecule has 116 valence electrons. The number of hydrogen-bond acceptors (Lipinski definition) is 3. The first kappa shape index (κ1) is 15.7. The van der Waals surface area contributed by atoms with E-state index in [0.29, 0.717) is 0 Å². The number of carbonyl (C=O) groups excluding carboxylic acids is 1. The van der Waals surface area contributed by atoms with Crippen molar-refractivity contribution in [3.8, 4) is 0 Å². The molecule has 0 spiro atoms. The SMILES string of the molecule is CCCN(c1ccc(N)cc1)C(C)C(=O)N1CCCCC1. The predicted octanol–water partition coefficient (Wildman–Crippen LogP) is 2.89. The molecule has 2 rings (SSSR count). The van der Waals surface area contributed by atoms with Gasteiger partial charge in [-0.05, 0) is 56.9 Å². The lowest BCUT2D eigenvalue weighted by Crippen LogP contribution is -2.49. The fraction of sp³-hybridized carbons (Fsp3) is 0.588. The van der Waals surface area contributed by atoms with Crippen LogP contribution < -0.4 is 10.6 Å². The molecule has 4 heteroatoms. The Morgan fingerprint density at radius 1 is 1.24 bits per heavy atom. The van der Waals surface area contributed by atoms with Gasteiger partial charge < -0.3 is 15.5 Å². The third kappa shape index (κ3) is 3.90. The first-order valence-corrected chi connectivity index (χ1v) is 8.04. The summed E-state index contributed by atoms with van der Waals surface area (Å²) in [5, 5.41) is 0. The summed E-state index contributed by atoms with van der Waals surface area (Å²) < 4.78 is 0. The smallest absolute Gasteiger partial charge is 0.244 e. The van der Waals surface area contributed by atoms with E-state index in [2.05, 4.69) is 11.8 Å². The Morgan fingerprint density at radius 2 is 1.86 bits per heavy atom. The van der Waals surface area contributed by atoms with Crippen molar-refractivity contribution in [3.63, 3.8) is 0 Å². The average Bonchev–Trinajstić information content (AvgIpc) is 2.53. The van der Waals surface area contributed by atoms with Crippen LogP contribution in [0.25, 0.3) is 0 Å². The molecule has 1 fully saturated rings. The summed E-state index contributed by atoms with van der Waals surface area (Å²) in [6.07, 6.45) is 4.53. The molecule has 1 heterocycles. The molecule has 0 aromatic heterocycles. The molecule has 4 nitrogen and oxygen atoms in total. The molecule has 1 unspecified atom stereocenters. The third-order valence-electron chi connectivity index (χ3n) is 4.18. The van der Waals surface area contributed by atoms with Crippen molar-refractivity contribution in [2.24, 2.45) is 0 Å². The van der Waals surface area contributed by atoms with Crippen LogP contribution in [0.2, 0.25) is 0 Å². The molecule has 0 aliphatic carbocycles. The molecule has 1 amide bonds. The molecule has 1 aromatic rings. The zero-order valence-corrected chi connectivity index (χ0v) is 13.2. The lowest BCUT2D eigenvalue weighted by atomic mass is 10.1. The highest BCUT2D eigenvalue weighted by atomic mass is 16.2. The largest absolute Gasteiger partial charge is 0.399 e. The zero-order chi connectivity index (χ0) is 15.2. The van der Waals surface area contributed by atoms with Crippen LogP contribution in [0, 0.1) is 0 Å². The van der Waals surface area contributed by atoms with Crippen molar-refractivity contribution in [2.75, 3.05) is 30.3 Å². The van der Waals surface area contributed by atoms with Crippen molar-refractivity contribution in [3.05, 3.63) is 24.3 Å². The molecule has 2 N–H and O–H groups in total. The number of nitrogen functional groups attached to an aromatic ring is 1. The van der Waals surface area contributed by atoms with Gasteiger partial charge in [0.15, 0.2) is 0 Å². The maximum Gasteiger partial charge on any atom is 0.244 e. The second-order valence-electron chi connectivity index (χ2n) is 5.85. The summed E-state index contributed by atoms with van der Waals surface area (Å²) in [5.41, 5.74) is 7.59. The Bertz CT molecular complexity index is 452. The Morgan fingerprint density at radius 3 is 2.43 bits per heavy atom. The molecule has 1 aliphatic rings. The number of carbonyl (C=O) groups is 1. The third-order valence-corrected chi connectivity index (χ3v) is 4.18. The number of anilines is 2. The molecule has 1 atom stereocenters. The Labute approximate surface area is 127 Å². The maximum absolute atomic E-state index is 12.7. The van der Waals surface area contributed by atoms with Crippen LogP contribution in [-0.2, 0) is 4.79 Å². The van der Waals surface area contributed by atoms with E-state index in [4.69, 9.17) is 5.73 Å². The predicted molar refractivity (Wildman–Crippen MR) is 88.4 cm³/mol. The molecule has 1 aromatic carbocycles. The fourth-order valence-corrected chi connectivity index (χ4v) is 2.96. The average molecular weight is 289 g/mol. The van der Waals surface area contributed by atoms with Gasteiger partial charge in [0.05, 0.1) is 0 Å². The molecule has 0 radical (unpaired) electrons. The van der Waals surface area contributed by atoms with Crippen LogP contribution in [-0.4, -0.2) is 36.5 Å². The Kier molecular flexibility index (Phi) is 5.48. The van der Waals surface area contributed by atoms with Gasteiger partial charge >= 0.3 is 0 Å². The molecular weight excluding hydrogens is 262 g/mol.